The first kappa shape index (κ1) is 64.5. The summed E-state index contributed by atoms with van der Waals surface area (Å²) in [5.41, 5.74) is 8.42. The highest BCUT2D eigenvalue weighted by Gasteiger charge is 2.50. The fourth-order valence-corrected chi connectivity index (χ4v) is 10.2. The Kier molecular flexibility index (Phi) is 27.4. The van der Waals surface area contributed by atoms with E-state index >= 15 is 0 Å². The molecule has 1 N–H and O–H groups in total. The molecule has 10 atom stereocenters. The molecule has 2 heterocycles. The van der Waals surface area contributed by atoms with Crippen LogP contribution in [0.3, 0.4) is 0 Å². The second-order valence-electron chi connectivity index (χ2n) is 21.2. The number of rotatable bonds is 33. The standard InChI is InChI=1S/C37H42O7.C37H40O6/c38-22-13-23-40-37-36(43-27-32-20-11-4-12-21-32)35(42-26-31-18-9-3-10-19-31)34(41-25-30-16-7-2-8-17-30)33(44-37)28-39-24-29-14-5-1-6-15-29;1-2-23-39-37-36(42-27-32-21-13-6-14-22-32)35(41-26-31-19-11-5-12-20-31)34(40-25-30-17-9-4-10-18-30)33(43-37)28-38-24-29-15-7-3-8-16-29/h1-12,14-21,33-38H,13,22-28H2;2-22,33-37H,1,23-28H2. The van der Waals surface area contributed by atoms with Crippen LogP contribution in [0.25, 0.3) is 0 Å². The quantitative estimate of drug-likeness (QED) is 0.0310. The molecule has 456 valence electrons. The summed E-state index contributed by atoms with van der Waals surface area (Å²) in [5, 5.41) is 9.46. The molecule has 10 rings (SSSR count). The maximum Gasteiger partial charge on any atom is 0.187 e. The van der Waals surface area contributed by atoms with Crippen molar-refractivity contribution in [3.8, 4) is 0 Å². The van der Waals surface area contributed by atoms with Crippen LogP contribution in [0.15, 0.2) is 255 Å². The molecule has 87 heavy (non-hydrogen) atoms. The van der Waals surface area contributed by atoms with Crippen LogP contribution < -0.4 is 0 Å². The Morgan fingerprint density at radius 3 is 0.839 bits per heavy atom. The van der Waals surface area contributed by atoms with Crippen LogP contribution in [-0.2, 0) is 110 Å². The summed E-state index contributed by atoms with van der Waals surface area (Å²) in [5.74, 6) is 0. The van der Waals surface area contributed by atoms with E-state index in [1.54, 1.807) is 6.08 Å². The third-order valence-electron chi connectivity index (χ3n) is 14.6. The largest absolute Gasteiger partial charge is 0.396 e. The van der Waals surface area contributed by atoms with Crippen molar-refractivity contribution < 1.29 is 61.9 Å². The van der Waals surface area contributed by atoms with Gasteiger partial charge in [-0.05, 0) is 50.9 Å². The van der Waals surface area contributed by atoms with Crippen LogP contribution in [0, 0.1) is 0 Å². The molecule has 13 heteroatoms. The first-order valence-corrected chi connectivity index (χ1v) is 30.0. The molecular weight excluding hydrogens is 1100 g/mol. The Morgan fingerprint density at radius 2 is 0.563 bits per heavy atom. The van der Waals surface area contributed by atoms with E-state index in [4.69, 9.17) is 56.8 Å². The molecule has 0 amide bonds. The van der Waals surface area contributed by atoms with Crippen molar-refractivity contribution >= 4 is 0 Å². The smallest absolute Gasteiger partial charge is 0.187 e. The van der Waals surface area contributed by atoms with Crippen molar-refractivity contribution in [1.29, 1.82) is 0 Å². The molecule has 2 aliphatic heterocycles. The summed E-state index contributed by atoms with van der Waals surface area (Å²) in [6.45, 7) is 8.13. The topological polar surface area (TPSA) is 131 Å². The maximum absolute atomic E-state index is 9.46. The molecule has 2 saturated heterocycles. The molecule has 0 bridgehead atoms. The summed E-state index contributed by atoms with van der Waals surface area (Å²) >= 11 is 0. The van der Waals surface area contributed by atoms with Crippen molar-refractivity contribution in [3.63, 3.8) is 0 Å². The van der Waals surface area contributed by atoms with E-state index in [1.165, 1.54) is 0 Å². The molecular formula is C74H82O13. The summed E-state index contributed by atoms with van der Waals surface area (Å²) in [4.78, 5) is 0. The minimum atomic E-state index is -0.757. The average Bonchev–Trinajstić information content (AvgIpc) is 3.70. The highest BCUT2D eigenvalue weighted by atomic mass is 16.7. The molecule has 0 aliphatic carbocycles. The number of ether oxygens (including phenoxy) is 12. The van der Waals surface area contributed by atoms with Crippen LogP contribution in [0.5, 0.6) is 0 Å². The molecule has 8 aromatic carbocycles. The normalized spacial score (nSPS) is 21.8. The molecule has 2 fully saturated rings. The lowest BCUT2D eigenvalue weighted by atomic mass is 9.97. The lowest BCUT2D eigenvalue weighted by molar-refractivity contribution is -0.328. The van der Waals surface area contributed by atoms with Gasteiger partial charge >= 0.3 is 0 Å². The predicted octanol–water partition coefficient (Wildman–Crippen LogP) is 13.0. The summed E-state index contributed by atoms with van der Waals surface area (Å²) in [6, 6.07) is 80.5. The lowest BCUT2D eigenvalue weighted by Crippen LogP contribution is -2.61. The zero-order chi connectivity index (χ0) is 59.8. The summed E-state index contributed by atoms with van der Waals surface area (Å²) < 4.78 is 77.7. The van der Waals surface area contributed by atoms with Gasteiger partial charge in [0.05, 0.1) is 79.3 Å². The molecule has 0 aromatic heterocycles. The molecule has 0 spiro atoms. The third-order valence-corrected chi connectivity index (χ3v) is 14.6. The van der Waals surface area contributed by atoms with E-state index in [0.717, 1.165) is 44.5 Å². The zero-order valence-electron chi connectivity index (χ0n) is 49.4. The Hall–Kier alpha value is -7.02. The summed E-state index contributed by atoms with van der Waals surface area (Å²) in [6.07, 6.45) is -3.52. The number of benzene rings is 8. The van der Waals surface area contributed by atoms with Gasteiger partial charge in [0, 0.05) is 6.61 Å². The first-order chi connectivity index (χ1) is 43.1. The van der Waals surface area contributed by atoms with Gasteiger partial charge in [0.15, 0.2) is 12.6 Å². The van der Waals surface area contributed by atoms with E-state index in [0.29, 0.717) is 79.1 Å². The van der Waals surface area contributed by atoms with E-state index in [2.05, 4.69) is 6.58 Å². The number of hydrogen-bond acceptors (Lipinski definition) is 13. The second kappa shape index (κ2) is 37.0. The number of aliphatic hydroxyl groups excluding tert-OH is 1. The Morgan fingerprint density at radius 1 is 0.310 bits per heavy atom. The van der Waals surface area contributed by atoms with Crippen molar-refractivity contribution in [3.05, 3.63) is 300 Å². The van der Waals surface area contributed by atoms with Crippen LogP contribution in [0.4, 0.5) is 0 Å². The highest BCUT2D eigenvalue weighted by Crippen LogP contribution is 2.34. The van der Waals surface area contributed by atoms with Gasteiger partial charge in [0.1, 0.15) is 48.8 Å². The number of aliphatic hydroxyl groups is 1. The van der Waals surface area contributed by atoms with Crippen molar-refractivity contribution in [2.75, 3.05) is 33.0 Å². The monoisotopic (exact) mass is 1180 g/mol. The predicted molar refractivity (Wildman–Crippen MR) is 333 cm³/mol. The number of hydrogen-bond donors (Lipinski definition) is 1. The van der Waals surface area contributed by atoms with Crippen LogP contribution in [0.2, 0.25) is 0 Å². The summed E-state index contributed by atoms with van der Waals surface area (Å²) in [7, 11) is 0. The van der Waals surface area contributed by atoms with Crippen molar-refractivity contribution in [1.82, 2.24) is 0 Å². The van der Waals surface area contributed by atoms with E-state index in [-0.39, 0.29) is 13.2 Å². The highest BCUT2D eigenvalue weighted by molar-refractivity contribution is 5.20. The van der Waals surface area contributed by atoms with Gasteiger partial charge in [0.25, 0.3) is 0 Å². The van der Waals surface area contributed by atoms with E-state index in [9.17, 15) is 5.11 Å². The Labute approximate surface area is 513 Å². The zero-order valence-corrected chi connectivity index (χ0v) is 49.4. The third kappa shape index (κ3) is 21.4. The molecule has 10 unspecified atom stereocenters. The van der Waals surface area contributed by atoms with Crippen LogP contribution in [0.1, 0.15) is 50.9 Å². The van der Waals surface area contributed by atoms with Gasteiger partial charge in [-0.25, -0.2) is 0 Å². The van der Waals surface area contributed by atoms with Crippen LogP contribution in [-0.4, -0.2) is 99.6 Å². The Balaban J connectivity index is 0.000000208. The van der Waals surface area contributed by atoms with Crippen molar-refractivity contribution in [2.45, 2.75) is 121 Å². The van der Waals surface area contributed by atoms with Crippen molar-refractivity contribution in [2.24, 2.45) is 0 Å². The molecule has 0 radical (unpaired) electrons. The molecule has 0 saturated carbocycles. The van der Waals surface area contributed by atoms with Gasteiger partial charge < -0.3 is 61.9 Å². The van der Waals surface area contributed by atoms with E-state index < -0.39 is 61.4 Å². The fraction of sp³-hybridized carbons (Fsp3) is 0.324. The fourth-order valence-electron chi connectivity index (χ4n) is 10.2. The van der Waals surface area contributed by atoms with E-state index in [1.807, 2.05) is 243 Å². The van der Waals surface area contributed by atoms with Gasteiger partial charge in [0.2, 0.25) is 0 Å². The maximum atomic E-state index is 9.46. The van der Waals surface area contributed by atoms with Gasteiger partial charge in [-0.1, -0.05) is 249 Å². The Bertz CT molecular complexity index is 3040. The van der Waals surface area contributed by atoms with Crippen LogP contribution >= 0.6 is 0 Å². The second-order valence-corrected chi connectivity index (χ2v) is 21.2. The minimum Gasteiger partial charge on any atom is -0.396 e. The average molecular weight is 1180 g/mol. The lowest BCUT2D eigenvalue weighted by Gasteiger charge is -2.46. The SMILES string of the molecule is C=CCOC1OC(COCc2ccccc2)C(OCc2ccccc2)C(OCc2ccccc2)C1OCc1ccccc1.OCCCOC1OC(COCc2ccccc2)C(OCc2ccccc2)C(OCc2ccccc2)C1OCc1ccccc1. The minimum absolute atomic E-state index is 0.0165. The van der Waals surface area contributed by atoms with Gasteiger partial charge in [-0.15, -0.1) is 6.58 Å². The molecule has 8 aromatic rings. The first-order valence-electron chi connectivity index (χ1n) is 30.0. The van der Waals surface area contributed by atoms with Gasteiger partial charge in [-0.2, -0.15) is 0 Å². The van der Waals surface area contributed by atoms with Gasteiger partial charge in [-0.3, -0.25) is 0 Å². The molecule has 13 nitrogen and oxygen atoms in total. The molecule has 2 aliphatic rings.